The minimum absolute atomic E-state index is 0.00685. The average Bonchev–Trinajstić information content (AvgIpc) is 2.31. The maximum absolute atomic E-state index is 11.7. The molecule has 1 fully saturated rings. The minimum atomic E-state index is 0.00685. The van der Waals surface area contributed by atoms with Crippen molar-refractivity contribution < 1.29 is 9.53 Å². The second-order valence-electron chi connectivity index (χ2n) is 3.83. The van der Waals surface area contributed by atoms with E-state index in [0.29, 0.717) is 12.1 Å². The van der Waals surface area contributed by atoms with Crippen molar-refractivity contribution in [3.05, 3.63) is 24.3 Å². The smallest absolute Gasteiger partial charge is 0.226 e. The molecule has 2 rings (SSSR count). The third-order valence-corrected chi connectivity index (χ3v) is 2.54. The van der Waals surface area contributed by atoms with Crippen LogP contribution in [0.3, 0.4) is 0 Å². The van der Waals surface area contributed by atoms with E-state index in [0.717, 1.165) is 26.1 Å². The highest BCUT2D eigenvalue weighted by Crippen LogP contribution is 2.06. The first-order chi connectivity index (χ1) is 7.84. The number of nitrogens with zero attached hydrogens (tertiary/aromatic N) is 2. The van der Waals surface area contributed by atoms with E-state index in [1.54, 1.807) is 18.6 Å². The van der Waals surface area contributed by atoms with E-state index in [-0.39, 0.29) is 11.9 Å². The first-order valence-corrected chi connectivity index (χ1v) is 5.46. The Morgan fingerprint density at radius 3 is 2.94 bits per heavy atom. The molecule has 1 amide bonds. The second kappa shape index (κ2) is 5.55. The molecule has 0 unspecified atom stereocenters. The van der Waals surface area contributed by atoms with Crippen LogP contribution in [-0.2, 0) is 16.0 Å². The summed E-state index contributed by atoms with van der Waals surface area (Å²) in [7, 11) is 0. The Kier molecular flexibility index (Phi) is 3.82. The molecule has 1 aliphatic rings. The monoisotopic (exact) mass is 221 g/mol. The van der Waals surface area contributed by atoms with Gasteiger partial charge in [-0.25, -0.2) is 0 Å². The molecule has 0 bridgehead atoms. The maximum Gasteiger partial charge on any atom is 0.226 e. The molecule has 0 spiro atoms. The van der Waals surface area contributed by atoms with Gasteiger partial charge in [-0.1, -0.05) is 0 Å². The number of rotatable bonds is 3. The number of hydrogen-bond donors (Lipinski definition) is 1. The normalized spacial score (nSPS) is 17.0. The lowest BCUT2D eigenvalue weighted by molar-refractivity contribution is -0.121. The summed E-state index contributed by atoms with van der Waals surface area (Å²) in [5, 5.41) is 2.98. The molecule has 1 aromatic heterocycles. The summed E-state index contributed by atoms with van der Waals surface area (Å²) in [5.41, 5.74) is 0.701. The third kappa shape index (κ3) is 3.27. The Balaban J connectivity index is 1.80. The molecule has 86 valence electrons. The quantitative estimate of drug-likeness (QED) is 0.798. The number of amides is 1. The fourth-order valence-corrected chi connectivity index (χ4v) is 1.71. The Bertz CT molecular complexity index is 336. The molecular weight excluding hydrogens is 206 g/mol. The van der Waals surface area contributed by atoms with Gasteiger partial charge in [0.15, 0.2) is 0 Å². The van der Waals surface area contributed by atoms with Crippen LogP contribution in [-0.4, -0.2) is 35.1 Å². The molecular formula is C11H15N3O2. The fraction of sp³-hybridized carbons (Fsp3) is 0.545. The summed E-state index contributed by atoms with van der Waals surface area (Å²) in [6, 6.07) is 0.248. The predicted octanol–water partition coefficient (Wildman–Crippen LogP) is 0.314. The van der Waals surface area contributed by atoms with E-state index >= 15 is 0 Å². The summed E-state index contributed by atoms with van der Waals surface area (Å²) in [6.45, 7) is 1.46. The Morgan fingerprint density at radius 2 is 2.25 bits per heavy atom. The van der Waals surface area contributed by atoms with Crippen LogP contribution in [0.5, 0.6) is 0 Å². The van der Waals surface area contributed by atoms with Gasteiger partial charge in [-0.05, 0) is 12.8 Å². The van der Waals surface area contributed by atoms with Gasteiger partial charge in [0.25, 0.3) is 0 Å². The maximum atomic E-state index is 11.7. The number of ether oxygens (including phenoxy) is 1. The zero-order chi connectivity index (χ0) is 11.2. The molecule has 1 aliphatic heterocycles. The van der Waals surface area contributed by atoms with Gasteiger partial charge in [0.1, 0.15) is 0 Å². The van der Waals surface area contributed by atoms with Crippen molar-refractivity contribution in [2.24, 2.45) is 0 Å². The lowest BCUT2D eigenvalue weighted by Crippen LogP contribution is -2.39. The number of nitrogens with one attached hydrogen (secondary N) is 1. The number of hydrogen-bond acceptors (Lipinski definition) is 4. The van der Waals surface area contributed by atoms with Crippen LogP contribution in [0, 0.1) is 0 Å². The highest BCUT2D eigenvalue weighted by Gasteiger charge is 2.16. The van der Waals surface area contributed by atoms with E-state index in [4.69, 9.17) is 4.74 Å². The van der Waals surface area contributed by atoms with Crippen LogP contribution >= 0.6 is 0 Å². The molecule has 1 N–H and O–H groups in total. The van der Waals surface area contributed by atoms with Crippen LogP contribution in [0.2, 0.25) is 0 Å². The molecule has 0 atom stereocenters. The lowest BCUT2D eigenvalue weighted by Gasteiger charge is -2.22. The highest BCUT2D eigenvalue weighted by molar-refractivity contribution is 5.78. The molecule has 0 saturated carbocycles. The average molecular weight is 221 g/mol. The van der Waals surface area contributed by atoms with Crippen molar-refractivity contribution in [1.29, 1.82) is 0 Å². The third-order valence-electron chi connectivity index (χ3n) is 2.54. The molecule has 0 aromatic carbocycles. The first-order valence-electron chi connectivity index (χ1n) is 5.46. The Labute approximate surface area is 94.2 Å². The van der Waals surface area contributed by atoms with Crippen molar-refractivity contribution in [2.45, 2.75) is 25.3 Å². The lowest BCUT2D eigenvalue weighted by atomic mass is 10.1. The zero-order valence-electron chi connectivity index (χ0n) is 9.06. The molecule has 1 saturated heterocycles. The van der Waals surface area contributed by atoms with E-state index < -0.39 is 0 Å². The fourth-order valence-electron chi connectivity index (χ4n) is 1.71. The second-order valence-corrected chi connectivity index (χ2v) is 3.83. The summed E-state index contributed by atoms with van der Waals surface area (Å²) in [4.78, 5) is 19.6. The molecule has 0 radical (unpaired) electrons. The van der Waals surface area contributed by atoms with Crippen LogP contribution in [0.1, 0.15) is 18.5 Å². The van der Waals surface area contributed by atoms with E-state index in [1.807, 2.05) is 0 Å². The van der Waals surface area contributed by atoms with Crippen molar-refractivity contribution in [3.8, 4) is 0 Å². The zero-order valence-corrected chi connectivity index (χ0v) is 9.06. The standard InChI is InChI=1S/C11H15N3O2/c15-11(7-10-8-12-3-4-13-10)14-9-1-5-16-6-2-9/h3-4,8-9H,1-2,5-7H2,(H,14,15). The summed E-state index contributed by atoms with van der Waals surface area (Å²) in [6.07, 6.45) is 6.89. The van der Waals surface area contributed by atoms with Crippen LogP contribution in [0.25, 0.3) is 0 Å². The summed E-state index contributed by atoms with van der Waals surface area (Å²) < 4.78 is 5.23. The predicted molar refractivity (Wildman–Crippen MR) is 57.7 cm³/mol. The molecule has 2 heterocycles. The Hall–Kier alpha value is -1.49. The molecule has 5 nitrogen and oxygen atoms in total. The van der Waals surface area contributed by atoms with E-state index in [1.165, 1.54) is 0 Å². The number of carbonyl (C=O) groups excluding carboxylic acids is 1. The largest absolute Gasteiger partial charge is 0.381 e. The summed E-state index contributed by atoms with van der Waals surface area (Å²) in [5.74, 6) is 0.00685. The van der Waals surface area contributed by atoms with E-state index in [9.17, 15) is 4.79 Å². The first kappa shape index (κ1) is 11.0. The van der Waals surface area contributed by atoms with Gasteiger partial charge in [0.2, 0.25) is 5.91 Å². The van der Waals surface area contributed by atoms with Crippen molar-refractivity contribution in [2.75, 3.05) is 13.2 Å². The van der Waals surface area contributed by atoms with Gasteiger partial charge in [0, 0.05) is 37.8 Å². The van der Waals surface area contributed by atoms with Crippen LogP contribution in [0.4, 0.5) is 0 Å². The number of carbonyl (C=O) groups is 1. The van der Waals surface area contributed by atoms with Crippen molar-refractivity contribution >= 4 is 5.91 Å². The van der Waals surface area contributed by atoms with Gasteiger partial charge in [0.05, 0.1) is 12.1 Å². The van der Waals surface area contributed by atoms with Gasteiger partial charge in [-0.2, -0.15) is 0 Å². The summed E-state index contributed by atoms with van der Waals surface area (Å²) >= 11 is 0. The highest BCUT2D eigenvalue weighted by atomic mass is 16.5. The SMILES string of the molecule is O=C(Cc1cnccn1)NC1CCOCC1. The van der Waals surface area contributed by atoms with Crippen LogP contribution < -0.4 is 5.32 Å². The van der Waals surface area contributed by atoms with Crippen LogP contribution in [0.15, 0.2) is 18.6 Å². The minimum Gasteiger partial charge on any atom is -0.381 e. The Morgan fingerprint density at radius 1 is 1.44 bits per heavy atom. The molecule has 1 aromatic rings. The van der Waals surface area contributed by atoms with Gasteiger partial charge in [-0.3, -0.25) is 14.8 Å². The van der Waals surface area contributed by atoms with Gasteiger partial charge < -0.3 is 10.1 Å². The van der Waals surface area contributed by atoms with Gasteiger partial charge in [-0.15, -0.1) is 0 Å². The van der Waals surface area contributed by atoms with Gasteiger partial charge >= 0.3 is 0 Å². The molecule has 0 aliphatic carbocycles. The van der Waals surface area contributed by atoms with E-state index in [2.05, 4.69) is 15.3 Å². The molecule has 16 heavy (non-hydrogen) atoms. The molecule has 5 heteroatoms. The topological polar surface area (TPSA) is 64.1 Å². The van der Waals surface area contributed by atoms with Crippen molar-refractivity contribution in [1.82, 2.24) is 15.3 Å². The van der Waals surface area contributed by atoms with Crippen molar-refractivity contribution in [3.63, 3.8) is 0 Å². The number of aromatic nitrogens is 2.